The summed E-state index contributed by atoms with van der Waals surface area (Å²) in [7, 11) is 1.58. The van der Waals surface area contributed by atoms with Crippen molar-refractivity contribution >= 4 is 7.62 Å². The van der Waals surface area contributed by atoms with E-state index in [0.717, 1.165) is 13.0 Å². The van der Waals surface area contributed by atoms with Crippen LogP contribution in [0.2, 0.25) is 0 Å². The van der Waals surface area contributed by atoms with E-state index in [1.165, 1.54) is 6.42 Å². The highest BCUT2D eigenvalue weighted by Gasteiger charge is 1.95. The Morgan fingerprint density at radius 1 is 1.54 bits per heavy atom. The molecule has 0 aromatic carbocycles. The van der Waals surface area contributed by atoms with E-state index in [-0.39, 0.29) is 0 Å². The Balaban J connectivity index is 2.07. The maximum absolute atomic E-state index is 5.21. The van der Waals surface area contributed by atoms with Crippen LogP contribution >= 0.6 is 0 Å². The molecular weight excluding hydrogens is 163 g/mol. The van der Waals surface area contributed by atoms with E-state index in [1.54, 1.807) is 13.8 Å². The summed E-state index contributed by atoms with van der Waals surface area (Å²) in [6.07, 6.45) is 4.04. The lowest BCUT2D eigenvalue weighted by Crippen LogP contribution is -2.25. The molecule has 3 nitrogen and oxygen atoms in total. The zero-order valence-corrected chi connectivity index (χ0v) is 7.86. The van der Waals surface area contributed by atoms with Crippen molar-refractivity contribution in [1.29, 1.82) is 0 Å². The molecule has 1 aromatic rings. The molecule has 0 atom stereocenters. The third-order valence-electron chi connectivity index (χ3n) is 1.58. The summed E-state index contributed by atoms with van der Waals surface area (Å²) in [6.45, 7) is 3.10. The van der Waals surface area contributed by atoms with Crippen molar-refractivity contribution < 1.29 is 4.65 Å². The average Bonchev–Trinajstić information content (AvgIpc) is 2.19. The van der Waals surface area contributed by atoms with Crippen LogP contribution in [0.15, 0.2) is 24.4 Å². The first-order chi connectivity index (χ1) is 6.43. The van der Waals surface area contributed by atoms with Crippen LogP contribution < -0.4 is 9.88 Å². The van der Waals surface area contributed by atoms with Gasteiger partial charge in [0, 0.05) is 6.20 Å². The van der Waals surface area contributed by atoms with Crippen LogP contribution in [0.3, 0.4) is 0 Å². The number of hydrogen-bond acceptors (Lipinski definition) is 3. The normalized spacial score (nSPS) is 9.62. The minimum absolute atomic E-state index is 0.617. The third-order valence-corrected chi connectivity index (χ3v) is 1.58. The van der Waals surface area contributed by atoms with Crippen LogP contribution in [0, 0.1) is 0 Å². The fourth-order valence-corrected chi connectivity index (χ4v) is 0.857. The van der Waals surface area contributed by atoms with Gasteiger partial charge >= 0.3 is 7.62 Å². The number of pyridine rings is 1. The number of rotatable bonds is 6. The molecule has 1 heterocycles. The number of aromatic nitrogens is 1. The highest BCUT2D eigenvalue weighted by atomic mass is 16.4. The van der Waals surface area contributed by atoms with Crippen molar-refractivity contribution in [1.82, 2.24) is 10.2 Å². The highest BCUT2D eigenvalue weighted by molar-refractivity contribution is 6.24. The van der Waals surface area contributed by atoms with Gasteiger partial charge in [0.05, 0.1) is 0 Å². The smallest absolute Gasteiger partial charge is 0.478 e. The largest absolute Gasteiger partial charge is 0.534 e. The van der Waals surface area contributed by atoms with Gasteiger partial charge in [0.2, 0.25) is 0 Å². The molecule has 1 N–H and O–H groups in total. The number of unbranched alkanes of at least 4 members (excludes halogenated alkanes) is 1. The summed E-state index contributed by atoms with van der Waals surface area (Å²) < 4.78 is 5.21. The van der Waals surface area contributed by atoms with Gasteiger partial charge in [-0.05, 0) is 25.1 Å². The maximum atomic E-state index is 5.21. The Labute approximate surface area is 79.8 Å². The zero-order valence-electron chi connectivity index (χ0n) is 7.86. The Morgan fingerprint density at radius 3 is 3.15 bits per heavy atom. The van der Waals surface area contributed by atoms with E-state index in [2.05, 4.69) is 17.1 Å². The van der Waals surface area contributed by atoms with E-state index in [9.17, 15) is 0 Å². The Bertz CT molecular complexity index is 218. The van der Waals surface area contributed by atoms with Crippen molar-refractivity contribution in [2.24, 2.45) is 0 Å². The lowest BCUT2D eigenvalue weighted by atomic mass is 10.2. The molecule has 1 rings (SSSR count). The van der Waals surface area contributed by atoms with Crippen molar-refractivity contribution in [2.75, 3.05) is 6.54 Å². The van der Waals surface area contributed by atoms with Crippen molar-refractivity contribution in [3.63, 3.8) is 0 Å². The molecule has 0 bridgehead atoms. The van der Waals surface area contributed by atoms with Crippen molar-refractivity contribution in [3.05, 3.63) is 24.4 Å². The van der Waals surface area contributed by atoms with Crippen LogP contribution in [-0.2, 0) is 0 Å². The SMILES string of the molecule is CCCCN[B]Oc1ccccn1. The molecule has 4 heteroatoms. The molecule has 69 valence electrons. The van der Waals surface area contributed by atoms with Crippen LogP contribution in [0.25, 0.3) is 0 Å². The summed E-state index contributed by atoms with van der Waals surface area (Å²) in [5, 5.41) is 3.05. The molecule has 0 amide bonds. The lowest BCUT2D eigenvalue weighted by molar-refractivity contribution is 0.548. The molecular formula is C9H14BN2O. The monoisotopic (exact) mass is 177 g/mol. The van der Waals surface area contributed by atoms with Gasteiger partial charge in [0.1, 0.15) is 0 Å². The molecule has 0 saturated heterocycles. The summed E-state index contributed by atoms with van der Waals surface area (Å²) >= 11 is 0. The lowest BCUT2D eigenvalue weighted by Gasteiger charge is -2.03. The third kappa shape index (κ3) is 4.53. The molecule has 13 heavy (non-hydrogen) atoms. The standard InChI is InChI=1S/C9H14BN2O/c1-2-3-8-12-10-13-9-6-4-5-7-11-9/h4-7,12H,2-3,8H2,1H3. The van der Waals surface area contributed by atoms with Crippen molar-refractivity contribution in [2.45, 2.75) is 19.8 Å². The van der Waals surface area contributed by atoms with Gasteiger partial charge in [-0.25, -0.2) is 4.98 Å². The molecule has 0 unspecified atom stereocenters. The first-order valence-corrected chi connectivity index (χ1v) is 4.56. The summed E-state index contributed by atoms with van der Waals surface area (Å²) in [5.41, 5.74) is 0. The predicted octanol–water partition coefficient (Wildman–Crippen LogP) is 1.38. The van der Waals surface area contributed by atoms with Gasteiger partial charge in [0.25, 0.3) is 0 Å². The van der Waals surface area contributed by atoms with Gasteiger partial charge in [0.15, 0.2) is 5.88 Å². The van der Waals surface area contributed by atoms with Crippen LogP contribution in [0.1, 0.15) is 19.8 Å². The number of nitrogens with one attached hydrogen (secondary N) is 1. The second kappa shape index (κ2) is 6.49. The first kappa shape index (κ1) is 10.1. The quantitative estimate of drug-likeness (QED) is 0.526. The fraction of sp³-hybridized carbons (Fsp3) is 0.444. The van der Waals surface area contributed by atoms with Gasteiger partial charge < -0.3 is 9.88 Å². The maximum Gasteiger partial charge on any atom is 0.478 e. The van der Waals surface area contributed by atoms with E-state index >= 15 is 0 Å². The zero-order chi connectivity index (χ0) is 9.36. The Morgan fingerprint density at radius 2 is 2.46 bits per heavy atom. The Kier molecular flexibility index (Phi) is 5.02. The van der Waals surface area contributed by atoms with Gasteiger partial charge in [-0.15, -0.1) is 0 Å². The molecule has 1 radical (unpaired) electrons. The minimum atomic E-state index is 0.617. The summed E-state index contributed by atoms with van der Waals surface area (Å²) in [5.74, 6) is 0.617. The van der Waals surface area contributed by atoms with E-state index in [4.69, 9.17) is 4.65 Å². The molecule has 0 aliphatic rings. The average molecular weight is 177 g/mol. The molecule has 1 aromatic heterocycles. The number of nitrogens with zero attached hydrogens (tertiary/aromatic N) is 1. The summed E-state index contributed by atoms with van der Waals surface area (Å²) in [6, 6.07) is 5.57. The second-order valence-electron chi connectivity index (χ2n) is 2.71. The van der Waals surface area contributed by atoms with E-state index in [0.29, 0.717) is 5.88 Å². The van der Waals surface area contributed by atoms with E-state index in [1.807, 2.05) is 18.2 Å². The molecule has 0 saturated carbocycles. The summed E-state index contributed by atoms with van der Waals surface area (Å²) in [4.78, 5) is 4.00. The molecule has 0 spiro atoms. The van der Waals surface area contributed by atoms with E-state index < -0.39 is 0 Å². The number of hydrogen-bond donors (Lipinski definition) is 1. The van der Waals surface area contributed by atoms with Crippen LogP contribution in [0.4, 0.5) is 0 Å². The molecule has 0 aliphatic heterocycles. The van der Waals surface area contributed by atoms with Gasteiger partial charge in [-0.2, -0.15) is 0 Å². The first-order valence-electron chi connectivity index (χ1n) is 4.56. The fourth-order valence-electron chi connectivity index (χ4n) is 0.857. The van der Waals surface area contributed by atoms with Gasteiger partial charge in [-0.1, -0.05) is 19.4 Å². The minimum Gasteiger partial charge on any atom is -0.534 e. The predicted molar refractivity (Wildman–Crippen MR) is 53.5 cm³/mol. The Hall–Kier alpha value is -1.03. The van der Waals surface area contributed by atoms with Crippen LogP contribution in [0.5, 0.6) is 5.88 Å². The topological polar surface area (TPSA) is 34.1 Å². The highest BCUT2D eigenvalue weighted by Crippen LogP contribution is 2.00. The van der Waals surface area contributed by atoms with Gasteiger partial charge in [-0.3, -0.25) is 0 Å². The van der Waals surface area contributed by atoms with Crippen molar-refractivity contribution in [3.8, 4) is 5.88 Å². The molecule has 0 fully saturated rings. The second-order valence-corrected chi connectivity index (χ2v) is 2.71. The molecule has 0 aliphatic carbocycles. The van der Waals surface area contributed by atoms with Crippen LogP contribution in [-0.4, -0.2) is 19.1 Å².